The van der Waals surface area contributed by atoms with Gasteiger partial charge in [0.2, 0.25) is 15.9 Å². The Labute approximate surface area is 166 Å². The summed E-state index contributed by atoms with van der Waals surface area (Å²) in [5.41, 5.74) is 0. The Morgan fingerprint density at radius 2 is 1.66 bits per heavy atom. The van der Waals surface area contributed by atoms with Crippen molar-refractivity contribution in [3.8, 4) is 5.75 Å². The van der Waals surface area contributed by atoms with E-state index in [9.17, 15) is 26.4 Å². The Bertz CT molecular complexity index is 820. The number of hydrogen-bond donors (Lipinski definition) is 0. The van der Waals surface area contributed by atoms with Crippen molar-refractivity contribution in [2.45, 2.75) is 11.3 Å². The molecule has 0 spiro atoms. The first-order valence-electron chi connectivity index (χ1n) is 9.09. The minimum Gasteiger partial charge on any atom is -0.404 e. The molecule has 0 aliphatic carbocycles. The zero-order valence-electron chi connectivity index (χ0n) is 15.6. The molecule has 0 aromatic heterocycles. The summed E-state index contributed by atoms with van der Waals surface area (Å²) >= 11 is 0. The molecule has 2 heterocycles. The molecular formula is C17H22F3N3O5S. The Morgan fingerprint density at radius 3 is 2.28 bits per heavy atom. The smallest absolute Gasteiger partial charge is 0.404 e. The number of amides is 1. The maximum atomic E-state index is 12.8. The third-order valence-electron chi connectivity index (χ3n) is 4.75. The predicted octanol–water partition coefficient (Wildman–Crippen LogP) is 0.750. The van der Waals surface area contributed by atoms with Crippen molar-refractivity contribution in [2.24, 2.45) is 0 Å². The van der Waals surface area contributed by atoms with E-state index in [-0.39, 0.29) is 38.6 Å². The van der Waals surface area contributed by atoms with Crippen LogP contribution in [0.3, 0.4) is 0 Å². The quantitative estimate of drug-likeness (QED) is 0.677. The average Bonchev–Trinajstić information content (AvgIpc) is 2.68. The number of nitrogens with zero attached hydrogens (tertiary/aromatic N) is 3. The number of carbonyl (C=O) groups excluding carboxylic acids is 1. The lowest BCUT2D eigenvalue weighted by Crippen LogP contribution is -2.53. The summed E-state index contributed by atoms with van der Waals surface area (Å²) in [6, 6.07) is 4.63. The lowest BCUT2D eigenvalue weighted by atomic mass is 10.3. The third-order valence-corrected chi connectivity index (χ3v) is 6.68. The largest absolute Gasteiger partial charge is 0.573 e. The summed E-state index contributed by atoms with van der Waals surface area (Å²) in [7, 11) is -4.20. The standard InChI is InChI=1S/C17H22F3N3O5S/c18-17(19,20)28-14-3-1-2-4-15(14)29(25,26)23-7-5-22(6-8-23)16(24)13-21-9-11-27-12-10-21/h1-4H,5-13H2. The van der Waals surface area contributed by atoms with Crippen LogP contribution in [0.15, 0.2) is 29.2 Å². The van der Waals surface area contributed by atoms with E-state index in [2.05, 4.69) is 4.74 Å². The number of benzene rings is 1. The predicted molar refractivity (Wildman–Crippen MR) is 95.7 cm³/mol. The molecule has 0 atom stereocenters. The summed E-state index contributed by atoms with van der Waals surface area (Å²) in [6.45, 7) is 3.03. The van der Waals surface area contributed by atoms with E-state index in [0.29, 0.717) is 26.3 Å². The van der Waals surface area contributed by atoms with Gasteiger partial charge in [0.25, 0.3) is 0 Å². The van der Waals surface area contributed by atoms with Crippen LogP contribution in [0.4, 0.5) is 13.2 Å². The average molecular weight is 437 g/mol. The number of piperazine rings is 1. The SMILES string of the molecule is O=C(CN1CCOCC1)N1CCN(S(=O)(=O)c2ccccc2OC(F)(F)F)CC1. The van der Waals surface area contributed by atoms with Crippen LogP contribution < -0.4 is 4.74 Å². The van der Waals surface area contributed by atoms with Crippen LogP contribution in [0.25, 0.3) is 0 Å². The van der Waals surface area contributed by atoms with Crippen LogP contribution in [-0.2, 0) is 19.6 Å². The van der Waals surface area contributed by atoms with Crippen LogP contribution in [0.5, 0.6) is 5.75 Å². The number of hydrogen-bond acceptors (Lipinski definition) is 6. The maximum Gasteiger partial charge on any atom is 0.573 e. The zero-order chi connectivity index (χ0) is 21.1. The molecule has 0 bridgehead atoms. The zero-order valence-corrected chi connectivity index (χ0v) is 16.4. The van der Waals surface area contributed by atoms with E-state index in [1.807, 2.05) is 4.90 Å². The highest BCUT2D eigenvalue weighted by Crippen LogP contribution is 2.31. The van der Waals surface area contributed by atoms with Crippen molar-refractivity contribution in [1.29, 1.82) is 0 Å². The van der Waals surface area contributed by atoms with Gasteiger partial charge in [0.15, 0.2) is 0 Å². The van der Waals surface area contributed by atoms with Crippen LogP contribution >= 0.6 is 0 Å². The van der Waals surface area contributed by atoms with Gasteiger partial charge in [-0.25, -0.2) is 8.42 Å². The summed E-state index contributed by atoms with van der Waals surface area (Å²) in [5, 5.41) is 0. The second-order valence-corrected chi connectivity index (χ2v) is 8.57. The molecule has 8 nitrogen and oxygen atoms in total. The minimum absolute atomic E-state index is 0.00244. The van der Waals surface area contributed by atoms with Crippen molar-refractivity contribution in [3.63, 3.8) is 0 Å². The van der Waals surface area contributed by atoms with E-state index in [1.54, 1.807) is 4.90 Å². The number of carbonyl (C=O) groups is 1. The molecule has 2 saturated heterocycles. The second-order valence-electron chi connectivity index (χ2n) is 6.67. The number of para-hydroxylation sites is 1. The van der Waals surface area contributed by atoms with Crippen LogP contribution in [0.1, 0.15) is 0 Å². The van der Waals surface area contributed by atoms with Crippen molar-refractivity contribution in [1.82, 2.24) is 14.1 Å². The molecule has 0 radical (unpaired) electrons. The molecule has 2 aliphatic heterocycles. The minimum atomic E-state index is -5.00. The third kappa shape index (κ3) is 5.59. The highest BCUT2D eigenvalue weighted by Gasteiger charge is 2.37. The normalized spacial score (nSPS) is 19.9. The summed E-state index contributed by atoms with van der Waals surface area (Å²) in [6.07, 6.45) is -5.00. The molecule has 162 valence electrons. The number of sulfonamides is 1. The molecular weight excluding hydrogens is 415 g/mol. The number of halogens is 3. The Morgan fingerprint density at radius 1 is 1.03 bits per heavy atom. The molecule has 0 unspecified atom stereocenters. The lowest BCUT2D eigenvalue weighted by molar-refractivity contribution is -0.275. The Hall–Kier alpha value is -1.89. The van der Waals surface area contributed by atoms with E-state index < -0.39 is 27.0 Å². The van der Waals surface area contributed by atoms with E-state index in [4.69, 9.17) is 4.74 Å². The van der Waals surface area contributed by atoms with Crippen LogP contribution in [0.2, 0.25) is 0 Å². The van der Waals surface area contributed by atoms with Crippen LogP contribution in [-0.4, -0.2) is 93.8 Å². The molecule has 12 heteroatoms. The van der Waals surface area contributed by atoms with Crippen molar-refractivity contribution in [3.05, 3.63) is 24.3 Å². The molecule has 29 heavy (non-hydrogen) atoms. The van der Waals surface area contributed by atoms with Gasteiger partial charge in [0, 0.05) is 39.3 Å². The van der Waals surface area contributed by atoms with Gasteiger partial charge >= 0.3 is 6.36 Å². The van der Waals surface area contributed by atoms with E-state index >= 15 is 0 Å². The van der Waals surface area contributed by atoms with Crippen molar-refractivity contribution < 1.29 is 35.9 Å². The number of morpholine rings is 1. The number of alkyl halides is 3. The topological polar surface area (TPSA) is 79.4 Å². The summed E-state index contributed by atoms with van der Waals surface area (Å²) in [5.74, 6) is -0.879. The highest BCUT2D eigenvalue weighted by atomic mass is 32.2. The number of rotatable bonds is 5. The molecule has 0 N–H and O–H groups in total. The Kier molecular flexibility index (Phi) is 6.66. The number of ether oxygens (including phenoxy) is 2. The first-order valence-corrected chi connectivity index (χ1v) is 10.5. The van der Waals surface area contributed by atoms with Gasteiger partial charge in [0.1, 0.15) is 10.6 Å². The molecule has 1 amide bonds. The van der Waals surface area contributed by atoms with Crippen molar-refractivity contribution in [2.75, 3.05) is 59.0 Å². The Balaban J connectivity index is 1.63. The first kappa shape index (κ1) is 21.8. The van der Waals surface area contributed by atoms with Crippen LogP contribution in [0, 0.1) is 0 Å². The summed E-state index contributed by atoms with van der Waals surface area (Å²) in [4.78, 5) is 15.4. The van der Waals surface area contributed by atoms with Gasteiger partial charge in [-0.3, -0.25) is 9.69 Å². The lowest BCUT2D eigenvalue weighted by Gasteiger charge is -2.35. The maximum absolute atomic E-state index is 12.8. The fourth-order valence-electron chi connectivity index (χ4n) is 3.24. The summed E-state index contributed by atoms with van der Waals surface area (Å²) < 4.78 is 73.7. The fraction of sp³-hybridized carbons (Fsp3) is 0.588. The van der Waals surface area contributed by atoms with Gasteiger partial charge in [-0.2, -0.15) is 4.31 Å². The molecule has 1 aromatic rings. The van der Waals surface area contributed by atoms with E-state index in [1.165, 1.54) is 12.1 Å². The monoisotopic (exact) mass is 437 g/mol. The van der Waals surface area contributed by atoms with Gasteiger partial charge in [-0.15, -0.1) is 13.2 Å². The molecule has 2 aliphatic rings. The van der Waals surface area contributed by atoms with Gasteiger partial charge in [-0.05, 0) is 12.1 Å². The van der Waals surface area contributed by atoms with Gasteiger partial charge in [-0.1, -0.05) is 12.1 Å². The highest BCUT2D eigenvalue weighted by molar-refractivity contribution is 7.89. The molecule has 0 saturated carbocycles. The van der Waals surface area contributed by atoms with Crippen molar-refractivity contribution >= 4 is 15.9 Å². The second kappa shape index (κ2) is 8.86. The first-order chi connectivity index (χ1) is 13.7. The fourth-order valence-corrected chi connectivity index (χ4v) is 4.78. The molecule has 2 fully saturated rings. The molecule has 1 aromatic carbocycles. The molecule has 3 rings (SSSR count). The van der Waals surface area contributed by atoms with E-state index in [0.717, 1.165) is 16.4 Å². The van der Waals surface area contributed by atoms with Gasteiger partial charge < -0.3 is 14.4 Å². The van der Waals surface area contributed by atoms with Gasteiger partial charge in [0.05, 0.1) is 19.8 Å².